The molecule has 1 saturated heterocycles. The molecule has 4 amide bonds. The summed E-state index contributed by atoms with van der Waals surface area (Å²) in [5.74, 6) is -0.606. The molecule has 1 aliphatic rings. The predicted octanol–water partition coefficient (Wildman–Crippen LogP) is 6.36. The summed E-state index contributed by atoms with van der Waals surface area (Å²) in [5.41, 5.74) is 3.40. The van der Waals surface area contributed by atoms with Gasteiger partial charge in [0.05, 0.1) is 12.8 Å². The zero-order chi connectivity index (χ0) is 27.7. The highest BCUT2D eigenvalue weighted by molar-refractivity contribution is 6.39. The number of imide groups is 2. The minimum atomic E-state index is -0.847. The average Bonchev–Trinajstić information content (AvgIpc) is 2.92. The number of benzene rings is 4. The first-order valence-electron chi connectivity index (χ1n) is 12.2. The van der Waals surface area contributed by atoms with Gasteiger partial charge in [0.25, 0.3) is 11.8 Å². The number of rotatable bonds is 6. The van der Waals surface area contributed by atoms with E-state index in [0.717, 1.165) is 32.4 Å². The number of nitrogens with zero attached hydrogens (tertiary/aromatic N) is 1. The summed E-state index contributed by atoms with van der Waals surface area (Å²) >= 11 is 6.23. The molecule has 196 valence electrons. The van der Waals surface area contributed by atoms with Crippen LogP contribution < -0.4 is 19.7 Å². The van der Waals surface area contributed by atoms with Gasteiger partial charge in [0.2, 0.25) is 0 Å². The number of nitrogens with one attached hydrogen (secondary N) is 1. The maximum atomic E-state index is 13.4. The number of ether oxygens (including phenoxy) is 2. The highest BCUT2D eigenvalue weighted by atomic mass is 35.5. The molecule has 0 spiro atoms. The van der Waals surface area contributed by atoms with Crippen LogP contribution >= 0.6 is 11.6 Å². The second kappa shape index (κ2) is 10.6. The molecule has 1 aliphatic heterocycles. The number of fused-ring (bicyclic) bond motifs is 1. The predicted molar refractivity (Wildman–Crippen MR) is 151 cm³/mol. The van der Waals surface area contributed by atoms with Gasteiger partial charge in [-0.1, -0.05) is 54.1 Å². The average molecular weight is 541 g/mol. The third-order valence-corrected chi connectivity index (χ3v) is 7.09. The Morgan fingerprint density at radius 2 is 1.69 bits per heavy atom. The zero-order valence-electron chi connectivity index (χ0n) is 21.6. The van der Waals surface area contributed by atoms with Gasteiger partial charge in [-0.15, -0.1) is 0 Å². The minimum absolute atomic E-state index is 0.220. The lowest BCUT2D eigenvalue weighted by Crippen LogP contribution is -2.54. The Labute approximate surface area is 230 Å². The smallest absolute Gasteiger partial charge is 0.335 e. The standard InChI is InChI=1S/C31H25ClN2O5/c1-18-8-10-20-6-4-5-7-24(20)26(18)17-39-28-16-23(38-3)13-11-21(28)14-25-29(35)33-31(37)34(30(25)36)22-12-9-19(2)27(32)15-22/h4-16H,17H2,1-3H3,(H,33,35,37)/b25-14+. The molecule has 7 nitrogen and oxygen atoms in total. The van der Waals surface area contributed by atoms with Crippen LogP contribution in [0.1, 0.15) is 22.3 Å². The second-order valence-electron chi connectivity index (χ2n) is 9.17. The summed E-state index contributed by atoms with van der Waals surface area (Å²) in [5, 5.41) is 4.81. The van der Waals surface area contributed by atoms with Crippen molar-refractivity contribution in [1.82, 2.24) is 5.32 Å². The normalized spacial score (nSPS) is 14.6. The minimum Gasteiger partial charge on any atom is -0.497 e. The van der Waals surface area contributed by atoms with Gasteiger partial charge in [-0.25, -0.2) is 9.69 Å². The molecule has 1 N–H and O–H groups in total. The van der Waals surface area contributed by atoms with E-state index in [-0.39, 0.29) is 17.9 Å². The van der Waals surface area contributed by atoms with Crippen LogP contribution in [0.25, 0.3) is 16.8 Å². The van der Waals surface area contributed by atoms with E-state index in [9.17, 15) is 14.4 Å². The maximum absolute atomic E-state index is 13.4. The molecule has 39 heavy (non-hydrogen) atoms. The Hall–Kier alpha value is -4.62. The number of hydrogen-bond donors (Lipinski definition) is 1. The second-order valence-corrected chi connectivity index (χ2v) is 9.57. The Morgan fingerprint density at radius 1 is 0.923 bits per heavy atom. The molecule has 0 aromatic heterocycles. The van der Waals surface area contributed by atoms with Crippen molar-refractivity contribution < 1.29 is 23.9 Å². The third kappa shape index (κ3) is 5.09. The first-order chi connectivity index (χ1) is 18.8. The number of urea groups is 1. The van der Waals surface area contributed by atoms with Gasteiger partial charge >= 0.3 is 6.03 Å². The van der Waals surface area contributed by atoms with Gasteiger partial charge in [0, 0.05) is 22.2 Å². The van der Waals surface area contributed by atoms with Gasteiger partial charge in [-0.3, -0.25) is 14.9 Å². The number of barbiturate groups is 1. The molecule has 0 unspecified atom stereocenters. The quantitative estimate of drug-likeness (QED) is 0.227. The fraction of sp³-hybridized carbons (Fsp3) is 0.129. The molecule has 1 fully saturated rings. The van der Waals surface area contributed by atoms with E-state index in [1.165, 1.54) is 12.1 Å². The Bertz CT molecular complexity index is 1680. The molecule has 0 bridgehead atoms. The van der Waals surface area contributed by atoms with Crippen molar-refractivity contribution in [2.24, 2.45) is 0 Å². The van der Waals surface area contributed by atoms with E-state index in [2.05, 4.69) is 11.4 Å². The summed E-state index contributed by atoms with van der Waals surface area (Å²) < 4.78 is 11.6. The van der Waals surface area contributed by atoms with Gasteiger partial charge in [0.15, 0.2) is 0 Å². The van der Waals surface area contributed by atoms with Crippen LogP contribution in [0.2, 0.25) is 5.02 Å². The van der Waals surface area contributed by atoms with Crippen LogP contribution in [0.4, 0.5) is 10.5 Å². The summed E-state index contributed by atoms with van der Waals surface area (Å²) in [4.78, 5) is 39.7. The molecule has 0 saturated carbocycles. The molecule has 0 radical (unpaired) electrons. The summed E-state index contributed by atoms with van der Waals surface area (Å²) in [6, 6.07) is 21.2. The fourth-order valence-electron chi connectivity index (χ4n) is 4.44. The number of aryl methyl sites for hydroxylation is 2. The first kappa shape index (κ1) is 26.0. The highest BCUT2D eigenvalue weighted by Crippen LogP contribution is 2.32. The van der Waals surface area contributed by atoms with Crippen LogP contribution in [0, 0.1) is 13.8 Å². The van der Waals surface area contributed by atoms with E-state index in [4.69, 9.17) is 21.1 Å². The van der Waals surface area contributed by atoms with Gasteiger partial charge in [0.1, 0.15) is 23.7 Å². The van der Waals surface area contributed by atoms with Crippen molar-refractivity contribution in [3.05, 3.63) is 106 Å². The van der Waals surface area contributed by atoms with Crippen molar-refractivity contribution in [2.75, 3.05) is 12.0 Å². The monoisotopic (exact) mass is 540 g/mol. The summed E-state index contributed by atoms with van der Waals surface area (Å²) in [6.07, 6.45) is 1.41. The number of carbonyl (C=O) groups excluding carboxylic acids is 3. The van der Waals surface area contributed by atoms with Gasteiger partial charge < -0.3 is 9.47 Å². The number of halogens is 1. The van der Waals surface area contributed by atoms with E-state index < -0.39 is 17.8 Å². The molecule has 4 aromatic rings. The lowest BCUT2D eigenvalue weighted by Gasteiger charge is -2.26. The first-order valence-corrected chi connectivity index (χ1v) is 12.6. The zero-order valence-corrected chi connectivity index (χ0v) is 22.3. The molecule has 4 aromatic carbocycles. The Balaban J connectivity index is 1.52. The number of methoxy groups -OCH3 is 1. The van der Waals surface area contributed by atoms with Crippen LogP contribution in [-0.4, -0.2) is 25.0 Å². The molecule has 0 aliphatic carbocycles. The van der Waals surface area contributed by atoms with Crippen molar-refractivity contribution in [3.63, 3.8) is 0 Å². The van der Waals surface area contributed by atoms with Crippen LogP contribution in [0.15, 0.2) is 78.4 Å². The number of anilines is 1. The molecule has 0 atom stereocenters. The van der Waals surface area contributed by atoms with E-state index in [1.807, 2.05) is 44.2 Å². The largest absolute Gasteiger partial charge is 0.497 e. The summed E-state index contributed by atoms with van der Waals surface area (Å²) in [6.45, 7) is 4.08. The molecular formula is C31H25ClN2O5. The topological polar surface area (TPSA) is 84.9 Å². The lowest BCUT2D eigenvalue weighted by atomic mass is 10.0. The molecular weight excluding hydrogens is 516 g/mol. The molecule has 5 rings (SSSR count). The Morgan fingerprint density at radius 3 is 2.46 bits per heavy atom. The SMILES string of the molecule is COc1ccc(/C=C2\C(=O)NC(=O)N(c3ccc(C)c(Cl)c3)C2=O)c(OCc2c(C)ccc3ccccc23)c1. The third-order valence-electron chi connectivity index (χ3n) is 6.68. The lowest BCUT2D eigenvalue weighted by molar-refractivity contribution is -0.122. The van der Waals surface area contributed by atoms with Crippen molar-refractivity contribution in [2.45, 2.75) is 20.5 Å². The van der Waals surface area contributed by atoms with Gasteiger partial charge in [-0.05, 0) is 66.1 Å². The van der Waals surface area contributed by atoms with Crippen molar-refractivity contribution >= 4 is 52.0 Å². The highest BCUT2D eigenvalue weighted by Gasteiger charge is 2.37. The molecule has 1 heterocycles. The molecule has 8 heteroatoms. The Kier molecular flexibility index (Phi) is 7.09. The van der Waals surface area contributed by atoms with Crippen LogP contribution in [0.5, 0.6) is 11.5 Å². The number of hydrogen-bond acceptors (Lipinski definition) is 5. The number of carbonyl (C=O) groups is 3. The van der Waals surface area contributed by atoms with Gasteiger partial charge in [-0.2, -0.15) is 0 Å². The van der Waals surface area contributed by atoms with Crippen molar-refractivity contribution in [3.8, 4) is 11.5 Å². The van der Waals surface area contributed by atoms with E-state index in [1.54, 1.807) is 37.4 Å². The van der Waals surface area contributed by atoms with Crippen LogP contribution in [-0.2, 0) is 16.2 Å². The van der Waals surface area contributed by atoms with Crippen molar-refractivity contribution in [1.29, 1.82) is 0 Å². The number of amides is 4. The fourth-order valence-corrected chi connectivity index (χ4v) is 4.62. The van der Waals surface area contributed by atoms with Crippen LogP contribution in [0.3, 0.4) is 0 Å². The maximum Gasteiger partial charge on any atom is 0.335 e. The van der Waals surface area contributed by atoms with E-state index in [0.29, 0.717) is 22.1 Å². The summed E-state index contributed by atoms with van der Waals surface area (Å²) in [7, 11) is 1.54. The van der Waals surface area contributed by atoms with E-state index >= 15 is 0 Å².